The molecule has 0 aliphatic carbocycles. The van der Waals surface area contributed by atoms with E-state index in [1.165, 1.54) is 6.08 Å². The summed E-state index contributed by atoms with van der Waals surface area (Å²) in [5.74, 6) is 0.351. The second-order valence-electron chi connectivity index (χ2n) is 3.66. The first-order valence-corrected chi connectivity index (χ1v) is 5.98. The molecule has 1 aromatic carbocycles. The van der Waals surface area contributed by atoms with Crippen LogP contribution >= 0.6 is 0 Å². The lowest BCUT2D eigenvalue weighted by Gasteiger charge is -2.11. The van der Waals surface area contributed by atoms with Crippen molar-refractivity contribution >= 4 is 12.0 Å². The van der Waals surface area contributed by atoms with Gasteiger partial charge in [-0.25, -0.2) is 4.79 Å². The zero-order valence-corrected chi connectivity index (χ0v) is 10.7. The number of ether oxygens (including phenoxy) is 2. The highest BCUT2D eigenvalue weighted by Gasteiger charge is 2.05. The van der Waals surface area contributed by atoms with Crippen LogP contribution < -0.4 is 9.47 Å². The number of carboxylic acid groups (broad SMARTS) is 1. The zero-order chi connectivity index (χ0) is 13.4. The lowest BCUT2D eigenvalue weighted by molar-refractivity contribution is -0.131. The summed E-state index contributed by atoms with van der Waals surface area (Å²) in [6, 6.07) is 5.36. The fourth-order valence-electron chi connectivity index (χ4n) is 1.40. The summed E-state index contributed by atoms with van der Waals surface area (Å²) in [5, 5.41) is 8.58. The maximum atomic E-state index is 10.5. The Bertz CT molecular complexity index is 424. The summed E-state index contributed by atoms with van der Waals surface area (Å²) >= 11 is 0. The van der Waals surface area contributed by atoms with Crippen LogP contribution in [0.3, 0.4) is 0 Å². The summed E-state index contributed by atoms with van der Waals surface area (Å²) in [4.78, 5) is 10.5. The van der Waals surface area contributed by atoms with Crippen molar-refractivity contribution in [1.29, 1.82) is 0 Å². The number of aliphatic carboxylic acids is 1. The van der Waals surface area contributed by atoms with Gasteiger partial charge in [-0.05, 0) is 37.1 Å². The molecule has 98 valence electrons. The van der Waals surface area contributed by atoms with Crippen LogP contribution in [-0.4, -0.2) is 24.3 Å². The minimum absolute atomic E-state index is 0.562. The molecule has 0 radical (unpaired) electrons. The molecule has 0 bridgehead atoms. The van der Waals surface area contributed by atoms with Crippen molar-refractivity contribution in [3.63, 3.8) is 0 Å². The lowest BCUT2D eigenvalue weighted by atomic mass is 10.2. The Morgan fingerprint density at radius 3 is 2.67 bits per heavy atom. The van der Waals surface area contributed by atoms with Crippen molar-refractivity contribution in [1.82, 2.24) is 0 Å². The molecule has 1 aromatic rings. The van der Waals surface area contributed by atoms with Crippen LogP contribution in [0, 0.1) is 0 Å². The molecule has 0 aromatic heterocycles. The first-order chi connectivity index (χ1) is 8.67. The number of hydrogen-bond acceptors (Lipinski definition) is 3. The van der Waals surface area contributed by atoms with E-state index >= 15 is 0 Å². The van der Waals surface area contributed by atoms with Gasteiger partial charge in [0.15, 0.2) is 11.5 Å². The van der Waals surface area contributed by atoms with Gasteiger partial charge in [-0.3, -0.25) is 0 Å². The van der Waals surface area contributed by atoms with Crippen molar-refractivity contribution < 1.29 is 19.4 Å². The fraction of sp³-hybridized carbons (Fsp3) is 0.357. The molecule has 0 atom stereocenters. The van der Waals surface area contributed by atoms with E-state index in [-0.39, 0.29) is 0 Å². The smallest absolute Gasteiger partial charge is 0.328 e. The van der Waals surface area contributed by atoms with Crippen molar-refractivity contribution in [3.05, 3.63) is 29.8 Å². The Hall–Kier alpha value is -1.97. The minimum atomic E-state index is -0.972. The van der Waals surface area contributed by atoms with Gasteiger partial charge in [-0.15, -0.1) is 0 Å². The molecule has 0 spiro atoms. The normalized spacial score (nSPS) is 10.6. The van der Waals surface area contributed by atoms with Crippen LogP contribution in [0.15, 0.2) is 24.3 Å². The van der Waals surface area contributed by atoms with Gasteiger partial charge in [0, 0.05) is 6.08 Å². The number of benzene rings is 1. The van der Waals surface area contributed by atoms with E-state index in [0.29, 0.717) is 24.7 Å². The van der Waals surface area contributed by atoms with Gasteiger partial charge < -0.3 is 14.6 Å². The second-order valence-corrected chi connectivity index (χ2v) is 3.66. The molecule has 1 rings (SSSR count). The molecular formula is C14H18O4. The molecule has 0 fully saturated rings. The molecule has 0 saturated heterocycles. The highest BCUT2D eigenvalue weighted by molar-refractivity contribution is 5.85. The van der Waals surface area contributed by atoms with Crippen LogP contribution in [-0.2, 0) is 4.79 Å². The van der Waals surface area contributed by atoms with Crippen LogP contribution in [0.5, 0.6) is 11.5 Å². The average molecular weight is 250 g/mol. The number of carbonyl (C=O) groups is 1. The standard InChI is InChI=1S/C14H18O4/c1-3-9-18-13-10-11(6-8-14(15)16)5-7-12(13)17-4-2/h5-8,10H,3-4,9H2,1-2H3,(H,15,16). The van der Waals surface area contributed by atoms with E-state index in [2.05, 4.69) is 0 Å². The SMILES string of the molecule is CCCOc1cc(C=CC(=O)O)ccc1OCC. The summed E-state index contributed by atoms with van der Waals surface area (Å²) in [7, 11) is 0. The number of hydrogen-bond donors (Lipinski definition) is 1. The maximum absolute atomic E-state index is 10.5. The van der Waals surface area contributed by atoms with Gasteiger partial charge in [-0.1, -0.05) is 13.0 Å². The molecule has 4 heteroatoms. The molecule has 0 heterocycles. The van der Waals surface area contributed by atoms with Crippen LogP contribution in [0.4, 0.5) is 0 Å². The van der Waals surface area contributed by atoms with Gasteiger partial charge >= 0.3 is 5.97 Å². The molecular weight excluding hydrogens is 232 g/mol. The Balaban J connectivity index is 2.92. The molecule has 0 amide bonds. The van der Waals surface area contributed by atoms with Gasteiger partial charge in [0.1, 0.15) is 0 Å². The largest absolute Gasteiger partial charge is 0.490 e. The first-order valence-electron chi connectivity index (χ1n) is 5.98. The molecule has 18 heavy (non-hydrogen) atoms. The van der Waals surface area contributed by atoms with Crippen LogP contribution in [0.2, 0.25) is 0 Å². The molecule has 0 aliphatic rings. The predicted molar refractivity (Wildman–Crippen MR) is 70.1 cm³/mol. The van der Waals surface area contributed by atoms with Crippen molar-refractivity contribution in [2.75, 3.05) is 13.2 Å². The van der Waals surface area contributed by atoms with Gasteiger partial charge in [-0.2, -0.15) is 0 Å². The topological polar surface area (TPSA) is 55.8 Å². The predicted octanol–water partition coefficient (Wildman–Crippen LogP) is 2.97. The third-order valence-corrected chi connectivity index (χ3v) is 2.15. The van der Waals surface area contributed by atoms with Gasteiger partial charge in [0.2, 0.25) is 0 Å². The van der Waals surface area contributed by atoms with Gasteiger partial charge in [0.05, 0.1) is 13.2 Å². The zero-order valence-electron chi connectivity index (χ0n) is 10.7. The van der Waals surface area contributed by atoms with Crippen molar-refractivity contribution in [2.24, 2.45) is 0 Å². The Labute approximate surface area is 107 Å². The van der Waals surface area contributed by atoms with Crippen molar-refractivity contribution in [2.45, 2.75) is 20.3 Å². The van der Waals surface area contributed by atoms with E-state index in [4.69, 9.17) is 14.6 Å². The summed E-state index contributed by atoms with van der Waals surface area (Å²) < 4.78 is 11.0. The molecule has 0 unspecified atom stereocenters. The molecule has 0 aliphatic heterocycles. The lowest BCUT2D eigenvalue weighted by Crippen LogP contribution is -2.00. The molecule has 4 nitrogen and oxygen atoms in total. The highest BCUT2D eigenvalue weighted by Crippen LogP contribution is 2.29. The van der Waals surface area contributed by atoms with E-state index in [0.717, 1.165) is 18.1 Å². The van der Waals surface area contributed by atoms with E-state index < -0.39 is 5.97 Å². The maximum Gasteiger partial charge on any atom is 0.328 e. The summed E-state index contributed by atoms with van der Waals surface area (Å²) in [5.41, 5.74) is 0.770. The Morgan fingerprint density at radius 2 is 2.06 bits per heavy atom. The third-order valence-electron chi connectivity index (χ3n) is 2.15. The minimum Gasteiger partial charge on any atom is -0.490 e. The average Bonchev–Trinajstić information content (AvgIpc) is 2.36. The van der Waals surface area contributed by atoms with Gasteiger partial charge in [0.25, 0.3) is 0 Å². The monoisotopic (exact) mass is 250 g/mol. The van der Waals surface area contributed by atoms with E-state index in [1.54, 1.807) is 18.2 Å². The Morgan fingerprint density at radius 1 is 1.28 bits per heavy atom. The van der Waals surface area contributed by atoms with Crippen LogP contribution in [0.25, 0.3) is 6.08 Å². The highest BCUT2D eigenvalue weighted by atomic mass is 16.5. The summed E-state index contributed by atoms with van der Waals surface area (Å²) in [6.45, 7) is 5.09. The number of rotatable bonds is 7. The molecule has 0 saturated carbocycles. The Kier molecular flexibility index (Phi) is 5.77. The quantitative estimate of drug-likeness (QED) is 0.756. The van der Waals surface area contributed by atoms with E-state index in [9.17, 15) is 4.79 Å². The van der Waals surface area contributed by atoms with E-state index in [1.807, 2.05) is 13.8 Å². The first kappa shape index (κ1) is 14.1. The number of carboxylic acids is 1. The fourth-order valence-corrected chi connectivity index (χ4v) is 1.40. The second kappa shape index (κ2) is 7.37. The van der Waals surface area contributed by atoms with Crippen molar-refractivity contribution in [3.8, 4) is 11.5 Å². The third kappa shape index (κ3) is 4.49. The van der Waals surface area contributed by atoms with Crippen LogP contribution in [0.1, 0.15) is 25.8 Å². The summed E-state index contributed by atoms with van der Waals surface area (Å²) in [6.07, 6.45) is 3.52. The molecule has 1 N–H and O–H groups in total.